The smallest absolute Gasteiger partial charge is 0.255 e. The van der Waals surface area contributed by atoms with Crippen molar-refractivity contribution in [2.45, 2.75) is 13.5 Å². The Balaban J connectivity index is 2.19. The number of anilines is 1. The Kier molecular flexibility index (Phi) is 4.07. The zero-order chi connectivity index (χ0) is 14.0. The summed E-state index contributed by atoms with van der Waals surface area (Å²) in [4.78, 5) is 19.2. The fourth-order valence-electron chi connectivity index (χ4n) is 1.68. The summed E-state index contributed by atoms with van der Waals surface area (Å²) >= 11 is 7.57. The van der Waals surface area contributed by atoms with Crippen LogP contribution in [0, 0.1) is 6.92 Å². The molecule has 1 aromatic carbocycles. The lowest BCUT2D eigenvalue weighted by Crippen LogP contribution is -2.26. The first-order chi connectivity index (χ1) is 8.99. The van der Waals surface area contributed by atoms with Crippen LogP contribution < -0.4 is 5.73 Å². The SMILES string of the molecule is Cc1ncsc1CN(C)C(=O)c1cc(N)ccc1Cl. The largest absolute Gasteiger partial charge is 0.399 e. The number of rotatable bonds is 3. The lowest BCUT2D eigenvalue weighted by Gasteiger charge is -2.17. The minimum Gasteiger partial charge on any atom is -0.399 e. The molecule has 2 rings (SSSR count). The maximum Gasteiger partial charge on any atom is 0.255 e. The molecule has 0 radical (unpaired) electrons. The van der Waals surface area contributed by atoms with Crippen molar-refractivity contribution in [1.29, 1.82) is 0 Å². The lowest BCUT2D eigenvalue weighted by atomic mass is 10.1. The van der Waals surface area contributed by atoms with Crippen molar-refractivity contribution >= 4 is 34.5 Å². The van der Waals surface area contributed by atoms with Crippen LogP contribution in [0.1, 0.15) is 20.9 Å². The highest BCUT2D eigenvalue weighted by Crippen LogP contribution is 2.22. The number of hydrogen-bond acceptors (Lipinski definition) is 4. The average molecular weight is 296 g/mol. The normalized spacial score (nSPS) is 10.5. The molecular weight excluding hydrogens is 282 g/mol. The Morgan fingerprint density at radius 2 is 2.26 bits per heavy atom. The van der Waals surface area contributed by atoms with Crippen LogP contribution >= 0.6 is 22.9 Å². The summed E-state index contributed by atoms with van der Waals surface area (Å²) in [7, 11) is 1.74. The van der Waals surface area contributed by atoms with E-state index in [4.69, 9.17) is 17.3 Å². The minimum absolute atomic E-state index is 0.148. The topological polar surface area (TPSA) is 59.2 Å². The number of aryl methyl sites for hydroxylation is 1. The molecule has 0 saturated heterocycles. The second-order valence-electron chi connectivity index (χ2n) is 4.26. The van der Waals surface area contributed by atoms with Gasteiger partial charge in [-0.3, -0.25) is 4.79 Å². The Bertz CT molecular complexity index is 612. The molecule has 0 aliphatic carbocycles. The number of benzene rings is 1. The van der Waals surface area contributed by atoms with Gasteiger partial charge in [-0.25, -0.2) is 4.98 Å². The third-order valence-corrected chi connectivity index (χ3v) is 4.04. The maximum absolute atomic E-state index is 12.3. The van der Waals surface area contributed by atoms with Crippen LogP contribution in [0.4, 0.5) is 5.69 Å². The average Bonchev–Trinajstić information content (AvgIpc) is 2.77. The number of carbonyl (C=O) groups excluding carboxylic acids is 1. The van der Waals surface area contributed by atoms with Gasteiger partial charge in [-0.2, -0.15) is 0 Å². The minimum atomic E-state index is -0.148. The monoisotopic (exact) mass is 295 g/mol. The molecule has 0 aliphatic heterocycles. The molecule has 2 aromatic rings. The van der Waals surface area contributed by atoms with E-state index < -0.39 is 0 Å². The van der Waals surface area contributed by atoms with Crippen molar-refractivity contribution in [2.24, 2.45) is 0 Å². The fourth-order valence-corrected chi connectivity index (χ4v) is 2.71. The highest BCUT2D eigenvalue weighted by molar-refractivity contribution is 7.09. The number of amides is 1. The Morgan fingerprint density at radius 1 is 1.53 bits per heavy atom. The molecule has 0 aliphatic rings. The quantitative estimate of drug-likeness (QED) is 0.886. The number of halogens is 1. The molecule has 0 bridgehead atoms. The van der Waals surface area contributed by atoms with E-state index in [-0.39, 0.29) is 5.91 Å². The Hall–Kier alpha value is -1.59. The van der Waals surface area contributed by atoms with Gasteiger partial charge in [0.2, 0.25) is 0 Å². The van der Waals surface area contributed by atoms with Gasteiger partial charge in [0, 0.05) is 17.6 Å². The first-order valence-corrected chi connectivity index (χ1v) is 6.94. The molecular formula is C13H14ClN3OS. The fraction of sp³-hybridized carbons (Fsp3) is 0.231. The number of nitrogen functional groups attached to an aromatic ring is 1. The standard InChI is InChI=1S/C13H14ClN3OS/c1-8-12(19-7-16-8)6-17(2)13(18)10-5-9(15)3-4-11(10)14/h3-5,7H,6,15H2,1-2H3. The summed E-state index contributed by atoms with van der Waals surface area (Å²) in [6.45, 7) is 2.44. The second kappa shape index (κ2) is 5.59. The van der Waals surface area contributed by atoms with Gasteiger partial charge in [0.1, 0.15) is 0 Å². The molecule has 100 valence electrons. The van der Waals surface area contributed by atoms with Gasteiger partial charge in [-0.1, -0.05) is 11.6 Å². The molecule has 0 fully saturated rings. The molecule has 0 saturated carbocycles. The van der Waals surface area contributed by atoms with Crippen LogP contribution in [0.3, 0.4) is 0 Å². The molecule has 1 amide bonds. The maximum atomic E-state index is 12.3. The van der Waals surface area contributed by atoms with E-state index in [0.717, 1.165) is 10.6 Å². The second-order valence-corrected chi connectivity index (χ2v) is 5.61. The molecule has 0 unspecified atom stereocenters. The van der Waals surface area contributed by atoms with Crippen LogP contribution in [0.5, 0.6) is 0 Å². The lowest BCUT2D eigenvalue weighted by molar-refractivity contribution is 0.0786. The number of thiazole rings is 1. The zero-order valence-corrected chi connectivity index (χ0v) is 12.3. The summed E-state index contributed by atoms with van der Waals surface area (Å²) in [6.07, 6.45) is 0. The summed E-state index contributed by atoms with van der Waals surface area (Å²) in [5, 5.41) is 0.409. The summed E-state index contributed by atoms with van der Waals surface area (Å²) in [6, 6.07) is 4.91. The predicted octanol–water partition coefficient (Wildman–Crippen LogP) is 2.96. The van der Waals surface area contributed by atoms with Crippen LogP contribution in [0.2, 0.25) is 5.02 Å². The van der Waals surface area contributed by atoms with Crippen molar-refractivity contribution in [3.8, 4) is 0 Å². The van der Waals surface area contributed by atoms with Crippen molar-refractivity contribution < 1.29 is 4.79 Å². The number of nitrogens with zero attached hydrogens (tertiary/aromatic N) is 2. The van der Waals surface area contributed by atoms with Gasteiger partial charge in [0.25, 0.3) is 5.91 Å². The molecule has 0 atom stereocenters. The number of nitrogens with two attached hydrogens (primary N) is 1. The summed E-state index contributed by atoms with van der Waals surface area (Å²) in [5.74, 6) is -0.148. The van der Waals surface area contributed by atoms with Gasteiger partial charge in [0.05, 0.1) is 28.3 Å². The van der Waals surface area contributed by atoms with Gasteiger partial charge in [-0.15, -0.1) is 11.3 Å². The van der Waals surface area contributed by atoms with E-state index in [0.29, 0.717) is 22.8 Å². The third-order valence-electron chi connectivity index (χ3n) is 2.79. The predicted molar refractivity (Wildman–Crippen MR) is 78.5 cm³/mol. The summed E-state index contributed by atoms with van der Waals surface area (Å²) in [5.41, 5.74) is 9.36. The Labute approximate surface area is 120 Å². The van der Waals surface area contributed by atoms with E-state index in [2.05, 4.69) is 4.98 Å². The Morgan fingerprint density at radius 3 is 2.89 bits per heavy atom. The number of hydrogen-bond donors (Lipinski definition) is 1. The van der Waals surface area contributed by atoms with E-state index >= 15 is 0 Å². The third kappa shape index (κ3) is 3.05. The van der Waals surface area contributed by atoms with Crippen molar-refractivity contribution in [3.63, 3.8) is 0 Å². The first kappa shape index (κ1) is 13.8. The highest BCUT2D eigenvalue weighted by Gasteiger charge is 2.17. The van der Waals surface area contributed by atoms with Gasteiger partial charge in [-0.05, 0) is 25.1 Å². The van der Waals surface area contributed by atoms with Crippen LogP contribution in [-0.2, 0) is 6.54 Å². The summed E-state index contributed by atoms with van der Waals surface area (Å²) < 4.78 is 0. The van der Waals surface area contributed by atoms with E-state index in [1.165, 1.54) is 11.3 Å². The van der Waals surface area contributed by atoms with Crippen molar-refractivity contribution in [3.05, 3.63) is 44.9 Å². The number of carbonyl (C=O) groups is 1. The molecule has 2 N–H and O–H groups in total. The molecule has 1 heterocycles. The highest BCUT2D eigenvalue weighted by atomic mass is 35.5. The zero-order valence-electron chi connectivity index (χ0n) is 10.7. The van der Waals surface area contributed by atoms with Crippen LogP contribution in [0.25, 0.3) is 0 Å². The molecule has 0 spiro atoms. The number of aromatic nitrogens is 1. The van der Waals surface area contributed by atoms with Crippen LogP contribution in [0.15, 0.2) is 23.7 Å². The molecule has 6 heteroatoms. The van der Waals surface area contributed by atoms with Gasteiger partial charge >= 0.3 is 0 Å². The molecule has 19 heavy (non-hydrogen) atoms. The van der Waals surface area contributed by atoms with E-state index in [9.17, 15) is 4.79 Å². The van der Waals surface area contributed by atoms with Crippen molar-refractivity contribution in [1.82, 2.24) is 9.88 Å². The van der Waals surface area contributed by atoms with Gasteiger partial charge < -0.3 is 10.6 Å². The molecule has 1 aromatic heterocycles. The first-order valence-electron chi connectivity index (χ1n) is 5.68. The van der Waals surface area contributed by atoms with Crippen molar-refractivity contribution in [2.75, 3.05) is 12.8 Å². The van der Waals surface area contributed by atoms with E-state index in [1.807, 2.05) is 6.92 Å². The van der Waals surface area contributed by atoms with Gasteiger partial charge in [0.15, 0.2) is 0 Å². The van der Waals surface area contributed by atoms with Crippen LogP contribution in [-0.4, -0.2) is 22.8 Å². The van der Waals surface area contributed by atoms with E-state index in [1.54, 1.807) is 35.7 Å². The molecule has 4 nitrogen and oxygen atoms in total.